The molecule has 7 nitrogen and oxygen atoms in total. The Labute approximate surface area is 94.2 Å². The van der Waals surface area contributed by atoms with E-state index in [2.05, 4.69) is 30.8 Å². The molecule has 2 aromatic heterocycles. The van der Waals surface area contributed by atoms with Crippen molar-refractivity contribution in [2.24, 2.45) is 0 Å². The molecule has 0 aromatic carbocycles. The maximum atomic E-state index is 11.3. The number of nitrogens with one attached hydrogen (secondary N) is 2. The SMILES string of the molecule is ClCCl.O=C(c1cn[nH]n1)c1cn[nH]n1. The van der Waals surface area contributed by atoms with Gasteiger partial charge in [-0.2, -0.15) is 30.8 Å². The molecule has 2 aromatic rings. The van der Waals surface area contributed by atoms with E-state index in [1.807, 2.05) is 0 Å². The maximum absolute atomic E-state index is 11.3. The minimum atomic E-state index is -0.308. The Morgan fingerprint density at radius 1 is 1.13 bits per heavy atom. The molecule has 0 spiro atoms. The van der Waals surface area contributed by atoms with Crippen LogP contribution in [0.1, 0.15) is 16.2 Å². The van der Waals surface area contributed by atoms with Gasteiger partial charge in [-0.25, -0.2) is 0 Å². The van der Waals surface area contributed by atoms with Crippen molar-refractivity contribution in [1.29, 1.82) is 0 Å². The van der Waals surface area contributed by atoms with E-state index < -0.39 is 0 Å². The second-order valence-electron chi connectivity index (χ2n) is 2.14. The Morgan fingerprint density at radius 2 is 1.53 bits per heavy atom. The van der Waals surface area contributed by atoms with Crippen molar-refractivity contribution in [3.05, 3.63) is 23.8 Å². The third-order valence-electron chi connectivity index (χ3n) is 1.30. The highest BCUT2D eigenvalue weighted by Gasteiger charge is 2.13. The molecule has 0 radical (unpaired) electrons. The van der Waals surface area contributed by atoms with Gasteiger partial charge in [0, 0.05) is 0 Å². The molecule has 0 aliphatic heterocycles. The molecule has 0 saturated heterocycles. The van der Waals surface area contributed by atoms with Crippen LogP contribution >= 0.6 is 23.2 Å². The molecular weight excluding hydrogens is 243 g/mol. The highest BCUT2D eigenvalue weighted by Crippen LogP contribution is 1.99. The van der Waals surface area contributed by atoms with E-state index in [9.17, 15) is 4.79 Å². The van der Waals surface area contributed by atoms with E-state index in [0.717, 1.165) is 0 Å². The number of halogens is 2. The van der Waals surface area contributed by atoms with Gasteiger partial charge in [-0.1, -0.05) is 0 Å². The molecule has 2 N–H and O–H groups in total. The Kier molecular flexibility index (Phi) is 4.72. The van der Waals surface area contributed by atoms with Crippen LogP contribution in [0.25, 0.3) is 0 Å². The predicted molar refractivity (Wildman–Crippen MR) is 52.8 cm³/mol. The van der Waals surface area contributed by atoms with Crippen LogP contribution in [0.3, 0.4) is 0 Å². The number of alkyl halides is 2. The Balaban J connectivity index is 0.000000337. The smallest absolute Gasteiger partial charge is 0.236 e. The summed E-state index contributed by atoms with van der Waals surface area (Å²) in [4.78, 5) is 11.3. The van der Waals surface area contributed by atoms with Crippen LogP contribution in [-0.4, -0.2) is 41.9 Å². The zero-order chi connectivity index (χ0) is 11.1. The molecule has 2 rings (SSSR count). The Hall–Kier alpha value is -1.47. The fourth-order valence-electron chi connectivity index (χ4n) is 0.753. The van der Waals surface area contributed by atoms with Crippen LogP contribution < -0.4 is 0 Å². The summed E-state index contributed by atoms with van der Waals surface area (Å²) < 4.78 is 0. The highest BCUT2D eigenvalue weighted by molar-refractivity contribution is 6.40. The van der Waals surface area contributed by atoms with Gasteiger partial charge in [0.1, 0.15) is 0 Å². The van der Waals surface area contributed by atoms with Crippen molar-refractivity contribution in [1.82, 2.24) is 30.8 Å². The van der Waals surface area contributed by atoms with Crippen LogP contribution in [0, 0.1) is 0 Å². The van der Waals surface area contributed by atoms with E-state index >= 15 is 0 Å². The predicted octanol–water partition coefficient (Wildman–Crippen LogP) is 0.575. The standard InChI is InChI=1S/C5H4N6O.CH2Cl2/c12-5(3-1-6-10-8-3)4-2-7-11-9-4;2-1-3/h1-2H,(H,6,8,10)(H,7,9,11);1H2. The van der Waals surface area contributed by atoms with E-state index in [4.69, 9.17) is 23.2 Å². The minimum Gasteiger partial charge on any atom is -0.285 e. The lowest BCUT2D eigenvalue weighted by molar-refractivity contribution is 0.102. The number of carbonyl (C=O) groups is 1. The van der Waals surface area contributed by atoms with Gasteiger partial charge in [-0.3, -0.25) is 4.79 Å². The molecule has 0 atom stereocenters. The molecule has 0 aliphatic carbocycles. The van der Waals surface area contributed by atoms with Crippen LogP contribution in [0.5, 0.6) is 0 Å². The quantitative estimate of drug-likeness (QED) is 0.598. The number of aromatic amines is 2. The van der Waals surface area contributed by atoms with Crippen LogP contribution in [-0.2, 0) is 0 Å². The van der Waals surface area contributed by atoms with Crippen molar-refractivity contribution < 1.29 is 4.79 Å². The van der Waals surface area contributed by atoms with Crippen LogP contribution in [0.2, 0.25) is 0 Å². The van der Waals surface area contributed by atoms with Gasteiger partial charge in [0.25, 0.3) is 0 Å². The molecule has 2 heterocycles. The number of ketones is 1. The lowest BCUT2D eigenvalue weighted by Gasteiger charge is -1.85. The summed E-state index contributed by atoms with van der Waals surface area (Å²) in [5, 5.41) is 19.1. The summed E-state index contributed by atoms with van der Waals surface area (Å²) >= 11 is 9.53. The normalized spacial score (nSPS) is 9.20. The molecule has 0 saturated carbocycles. The molecule has 0 bridgehead atoms. The first-order valence-corrected chi connectivity index (χ1v) is 4.74. The second-order valence-corrected chi connectivity index (χ2v) is 2.95. The molecule has 0 fully saturated rings. The summed E-state index contributed by atoms with van der Waals surface area (Å²) in [6.45, 7) is 0. The van der Waals surface area contributed by atoms with Gasteiger partial charge in [0.15, 0.2) is 11.4 Å². The maximum Gasteiger partial charge on any atom is 0.236 e. The van der Waals surface area contributed by atoms with Gasteiger partial charge in [-0.15, -0.1) is 23.2 Å². The molecule has 9 heteroatoms. The first kappa shape index (κ1) is 11.6. The van der Waals surface area contributed by atoms with Gasteiger partial charge < -0.3 is 0 Å². The second kappa shape index (κ2) is 6.10. The van der Waals surface area contributed by atoms with Crippen molar-refractivity contribution >= 4 is 29.0 Å². The lowest BCUT2D eigenvalue weighted by Crippen LogP contribution is -2.02. The van der Waals surface area contributed by atoms with E-state index in [-0.39, 0.29) is 22.5 Å². The average Bonchev–Trinajstić information content (AvgIpc) is 2.92. The Bertz CT molecular complexity index is 349. The molecule has 15 heavy (non-hydrogen) atoms. The summed E-state index contributed by atoms with van der Waals surface area (Å²) in [6, 6.07) is 0. The average molecular weight is 249 g/mol. The molecule has 80 valence electrons. The van der Waals surface area contributed by atoms with E-state index in [1.165, 1.54) is 12.4 Å². The number of hydrogen-bond donors (Lipinski definition) is 2. The van der Waals surface area contributed by atoms with Crippen molar-refractivity contribution in [3.8, 4) is 0 Å². The number of H-pyrrole nitrogens is 2. The number of rotatable bonds is 2. The summed E-state index contributed by atoms with van der Waals surface area (Å²) in [6.07, 6.45) is 2.66. The highest BCUT2D eigenvalue weighted by atomic mass is 35.5. The lowest BCUT2D eigenvalue weighted by atomic mass is 10.2. The van der Waals surface area contributed by atoms with Crippen LogP contribution in [0.4, 0.5) is 0 Å². The van der Waals surface area contributed by atoms with Crippen molar-refractivity contribution in [2.45, 2.75) is 0 Å². The Morgan fingerprint density at radius 3 is 1.80 bits per heavy atom. The minimum absolute atomic E-state index is 0.194. The molecule has 0 unspecified atom stereocenters. The van der Waals surface area contributed by atoms with Gasteiger partial charge in [0.05, 0.1) is 17.7 Å². The molecule has 0 aliphatic rings. The monoisotopic (exact) mass is 248 g/mol. The largest absolute Gasteiger partial charge is 0.285 e. The van der Waals surface area contributed by atoms with E-state index in [0.29, 0.717) is 0 Å². The fraction of sp³-hybridized carbons (Fsp3) is 0.167. The zero-order valence-corrected chi connectivity index (χ0v) is 8.83. The summed E-state index contributed by atoms with van der Waals surface area (Å²) in [7, 11) is 0. The third-order valence-corrected chi connectivity index (χ3v) is 1.30. The number of carbonyl (C=O) groups excluding carboxylic acids is 1. The molecule has 0 amide bonds. The van der Waals surface area contributed by atoms with Crippen LogP contribution in [0.15, 0.2) is 12.4 Å². The fourth-order valence-corrected chi connectivity index (χ4v) is 0.753. The van der Waals surface area contributed by atoms with Gasteiger partial charge >= 0.3 is 0 Å². The number of hydrogen-bond acceptors (Lipinski definition) is 5. The van der Waals surface area contributed by atoms with Gasteiger partial charge in [0.2, 0.25) is 5.78 Å². The summed E-state index contributed by atoms with van der Waals surface area (Å²) in [5.41, 5.74) is 0.452. The third kappa shape index (κ3) is 3.30. The number of nitrogens with zero attached hydrogens (tertiary/aromatic N) is 4. The zero-order valence-electron chi connectivity index (χ0n) is 7.31. The van der Waals surface area contributed by atoms with Crippen molar-refractivity contribution in [3.63, 3.8) is 0 Å². The first-order valence-electron chi connectivity index (χ1n) is 3.67. The summed E-state index contributed by atoms with van der Waals surface area (Å²) in [5.74, 6) is -0.308. The first-order chi connectivity index (χ1) is 7.29. The van der Waals surface area contributed by atoms with E-state index in [1.54, 1.807) is 0 Å². The molecular formula is C6H6Cl2N6O. The topological polar surface area (TPSA) is 100 Å². The number of aromatic nitrogens is 6. The van der Waals surface area contributed by atoms with Gasteiger partial charge in [-0.05, 0) is 0 Å². The van der Waals surface area contributed by atoms with Crippen molar-refractivity contribution in [2.75, 3.05) is 5.34 Å².